The molecule has 2 heterocycles. The molecular weight excluding hydrogens is 332 g/mol. The first-order valence-electron chi connectivity index (χ1n) is 8.63. The number of thiol groups is 1. The molecule has 0 saturated heterocycles. The number of nitrogens with zero attached hydrogens (tertiary/aromatic N) is 3. The number of aromatic nitrogens is 3. The van der Waals surface area contributed by atoms with Gasteiger partial charge in [-0.15, -0.1) is 12.6 Å². The molecule has 0 radical (unpaired) electrons. The van der Waals surface area contributed by atoms with Crippen molar-refractivity contribution in [2.45, 2.75) is 57.5 Å². The van der Waals surface area contributed by atoms with E-state index in [0.717, 1.165) is 12.2 Å². The van der Waals surface area contributed by atoms with Gasteiger partial charge < -0.3 is 10.1 Å². The van der Waals surface area contributed by atoms with Gasteiger partial charge >= 0.3 is 0 Å². The van der Waals surface area contributed by atoms with Gasteiger partial charge in [-0.2, -0.15) is 0 Å². The van der Waals surface area contributed by atoms with E-state index in [0.29, 0.717) is 29.5 Å². The summed E-state index contributed by atoms with van der Waals surface area (Å²) in [6, 6.07) is 4.58. The highest BCUT2D eigenvalue weighted by Crippen LogP contribution is 2.30. The van der Waals surface area contributed by atoms with Crippen molar-refractivity contribution in [2.24, 2.45) is 5.92 Å². The summed E-state index contributed by atoms with van der Waals surface area (Å²) in [4.78, 5) is 12.8. The first kappa shape index (κ1) is 19.5. The van der Waals surface area contributed by atoms with Crippen molar-refractivity contribution in [1.82, 2.24) is 15.0 Å². The maximum atomic E-state index is 5.75. The topological polar surface area (TPSA) is 59.9 Å². The lowest BCUT2D eigenvalue weighted by Crippen LogP contribution is -2.24. The SMILES string of the molecule is CC(COc1cncc(S)n1)CC(C)(C)c1ccc(NC(C)C)nc1. The lowest BCUT2D eigenvalue weighted by Gasteiger charge is -2.28. The molecule has 0 aliphatic rings. The molecule has 25 heavy (non-hydrogen) atoms. The first-order valence-corrected chi connectivity index (χ1v) is 9.08. The Morgan fingerprint density at radius 3 is 2.52 bits per heavy atom. The van der Waals surface area contributed by atoms with Gasteiger partial charge in [0.25, 0.3) is 0 Å². The molecule has 2 aromatic rings. The molecule has 0 aliphatic carbocycles. The predicted octanol–water partition coefficient (Wildman–Crippen LogP) is 4.36. The van der Waals surface area contributed by atoms with E-state index in [4.69, 9.17) is 4.74 Å². The Bertz CT molecular complexity index is 673. The largest absolute Gasteiger partial charge is 0.476 e. The van der Waals surface area contributed by atoms with Crippen molar-refractivity contribution in [1.29, 1.82) is 0 Å². The fraction of sp³-hybridized carbons (Fsp3) is 0.526. The average molecular weight is 361 g/mol. The number of rotatable bonds is 8. The molecule has 0 saturated carbocycles. The van der Waals surface area contributed by atoms with E-state index in [1.165, 1.54) is 5.56 Å². The van der Waals surface area contributed by atoms with E-state index in [2.05, 4.69) is 73.6 Å². The maximum absolute atomic E-state index is 5.75. The van der Waals surface area contributed by atoms with Crippen LogP contribution in [0.25, 0.3) is 0 Å². The minimum atomic E-state index is 0.0171. The quantitative estimate of drug-likeness (QED) is 0.685. The van der Waals surface area contributed by atoms with Gasteiger partial charge in [-0.1, -0.05) is 26.8 Å². The second kappa shape index (κ2) is 8.52. The zero-order valence-corrected chi connectivity index (χ0v) is 16.5. The van der Waals surface area contributed by atoms with E-state index in [1.807, 2.05) is 12.3 Å². The Morgan fingerprint density at radius 1 is 1.16 bits per heavy atom. The summed E-state index contributed by atoms with van der Waals surface area (Å²) >= 11 is 4.18. The van der Waals surface area contributed by atoms with Crippen molar-refractivity contribution in [3.8, 4) is 5.88 Å². The van der Waals surface area contributed by atoms with Crippen LogP contribution in [0.5, 0.6) is 5.88 Å². The molecule has 0 bridgehead atoms. The van der Waals surface area contributed by atoms with E-state index in [9.17, 15) is 0 Å². The van der Waals surface area contributed by atoms with Crippen molar-refractivity contribution in [3.63, 3.8) is 0 Å². The number of anilines is 1. The van der Waals surface area contributed by atoms with Crippen LogP contribution < -0.4 is 10.1 Å². The number of pyridine rings is 1. The Balaban J connectivity index is 1.92. The smallest absolute Gasteiger partial charge is 0.233 e. The van der Waals surface area contributed by atoms with Crippen LogP contribution in [0, 0.1) is 5.92 Å². The van der Waals surface area contributed by atoms with Crippen LogP contribution in [-0.2, 0) is 5.41 Å². The van der Waals surface area contributed by atoms with Gasteiger partial charge in [-0.3, -0.25) is 4.98 Å². The molecule has 1 N–H and O–H groups in total. The lowest BCUT2D eigenvalue weighted by atomic mass is 9.78. The standard InChI is InChI=1S/C19H28N4OS/c1-13(2)22-16-7-6-15(9-21-16)19(4,5)8-14(3)12-24-17-10-20-11-18(25)23-17/h6-7,9-11,13-14H,8,12H2,1-5H3,(H,21,22)(H,23,25). The predicted molar refractivity (Wildman–Crippen MR) is 105 cm³/mol. The molecule has 2 aromatic heterocycles. The van der Waals surface area contributed by atoms with Crippen molar-refractivity contribution in [3.05, 3.63) is 36.3 Å². The summed E-state index contributed by atoms with van der Waals surface area (Å²) in [7, 11) is 0. The highest BCUT2D eigenvalue weighted by molar-refractivity contribution is 7.80. The molecule has 0 aromatic carbocycles. The molecule has 0 spiro atoms. The fourth-order valence-electron chi connectivity index (χ4n) is 2.86. The maximum Gasteiger partial charge on any atom is 0.233 e. The Hall–Kier alpha value is -1.82. The third kappa shape index (κ3) is 6.20. The molecule has 5 nitrogen and oxygen atoms in total. The van der Waals surface area contributed by atoms with Crippen molar-refractivity contribution in [2.75, 3.05) is 11.9 Å². The summed E-state index contributed by atoms with van der Waals surface area (Å²) in [5.74, 6) is 1.80. The van der Waals surface area contributed by atoms with Gasteiger partial charge in [0.15, 0.2) is 0 Å². The summed E-state index contributed by atoms with van der Waals surface area (Å²) in [6.07, 6.45) is 6.16. The Labute approximate surface area is 156 Å². The third-order valence-corrected chi connectivity index (χ3v) is 4.17. The summed E-state index contributed by atoms with van der Waals surface area (Å²) in [5, 5.41) is 3.88. The summed E-state index contributed by atoms with van der Waals surface area (Å²) < 4.78 is 5.75. The minimum absolute atomic E-state index is 0.0171. The number of nitrogens with one attached hydrogen (secondary N) is 1. The average Bonchev–Trinajstić information content (AvgIpc) is 2.52. The summed E-state index contributed by atoms with van der Waals surface area (Å²) in [6.45, 7) is 11.5. The van der Waals surface area contributed by atoms with Crippen LogP contribution in [-0.4, -0.2) is 27.6 Å². The molecule has 1 atom stereocenters. The Morgan fingerprint density at radius 2 is 1.92 bits per heavy atom. The van der Waals surface area contributed by atoms with Crippen molar-refractivity contribution >= 4 is 18.4 Å². The zero-order chi connectivity index (χ0) is 18.4. The van der Waals surface area contributed by atoms with Crippen LogP contribution in [0.3, 0.4) is 0 Å². The zero-order valence-electron chi connectivity index (χ0n) is 15.7. The highest BCUT2D eigenvalue weighted by atomic mass is 32.1. The van der Waals surface area contributed by atoms with E-state index in [1.54, 1.807) is 12.4 Å². The van der Waals surface area contributed by atoms with E-state index >= 15 is 0 Å². The van der Waals surface area contributed by atoms with Gasteiger partial charge in [-0.25, -0.2) is 9.97 Å². The molecule has 136 valence electrons. The van der Waals surface area contributed by atoms with Crippen LogP contribution in [0.1, 0.15) is 46.6 Å². The third-order valence-electron chi connectivity index (χ3n) is 3.96. The van der Waals surface area contributed by atoms with E-state index in [-0.39, 0.29) is 5.41 Å². The summed E-state index contributed by atoms with van der Waals surface area (Å²) in [5.41, 5.74) is 1.24. The normalized spacial score (nSPS) is 12.9. The number of hydrogen-bond acceptors (Lipinski definition) is 6. The van der Waals surface area contributed by atoms with Crippen LogP contribution >= 0.6 is 12.6 Å². The second-order valence-electron chi connectivity index (χ2n) is 7.45. The van der Waals surface area contributed by atoms with Gasteiger partial charge in [0.05, 0.1) is 19.0 Å². The molecule has 6 heteroatoms. The number of ether oxygens (including phenoxy) is 1. The van der Waals surface area contributed by atoms with Crippen LogP contribution in [0.15, 0.2) is 35.7 Å². The molecule has 0 amide bonds. The van der Waals surface area contributed by atoms with Crippen molar-refractivity contribution < 1.29 is 4.74 Å². The number of hydrogen-bond donors (Lipinski definition) is 2. The molecular formula is C19H28N4OS. The lowest BCUT2D eigenvalue weighted by molar-refractivity contribution is 0.219. The molecule has 0 aliphatic heterocycles. The second-order valence-corrected chi connectivity index (χ2v) is 7.91. The van der Waals surface area contributed by atoms with Gasteiger partial charge in [0.2, 0.25) is 5.88 Å². The molecule has 2 rings (SSSR count). The molecule has 0 fully saturated rings. The fourth-order valence-corrected chi connectivity index (χ4v) is 3.02. The minimum Gasteiger partial charge on any atom is -0.476 e. The van der Waals surface area contributed by atoms with E-state index < -0.39 is 0 Å². The highest BCUT2D eigenvalue weighted by Gasteiger charge is 2.24. The van der Waals surface area contributed by atoms with Gasteiger partial charge in [0.1, 0.15) is 10.8 Å². The van der Waals surface area contributed by atoms with Crippen LogP contribution in [0.2, 0.25) is 0 Å². The molecule has 1 unspecified atom stereocenters. The van der Waals surface area contributed by atoms with Gasteiger partial charge in [-0.05, 0) is 43.2 Å². The monoisotopic (exact) mass is 360 g/mol. The van der Waals surface area contributed by atoms with Crippen LogP contribution in [0.4, 0.5) is 5.82 Å². The first-order chi connectivity index (χ1) is 11.8. The Kier molecular flexibility index (Phi) is 6.64. The van der Waals surface area contributed by atoms with Gasteiger partial charge in [0, 0.05) is 12.2 Å².